The SMILES string of the molecule is O=C(NCCc1ccccc1)[C@@H]1CN(C(=O)COc2ccc(S(=O)(=O)N3CCCCC3)cc2Cl)c2ccccc2O1. The van der Waals surface area contributed by atoms with E-state index in [4.69, 9.17) is 21.1 Å². The van der Waals surface area contributed by atoms with Gasteiger partial charge in [-0.25, -0.2) is 8.42 Å². The third-order valence-corrected chi connectivity index (χ3v) is 9.32. The molecule has 0 aromatic heterocycles. The van der Waals surface area contributed by atoms with Crippen LogP contribution in [0.4, 0.5) is 5.69 Å². The summed E-state index contributed by atoms with van der Waals surface area (Å²) in [6.07, 6.45) is 2.45. The molecule has 0 unspecified atom stereocenters. The molecule has 3 aromatic carbocycles. The Kier molecular flexibility index (Phi) is 9.12. The maximum atomic E-state index is 13.3. The highest BCUT2D eigenvalue weighted by Crippen LogP contribution is 2.34. The predicted octanol–water partition coefficient (Wildman–Crippen LogP) is 4.05. The van der Waals surface area contributed by atoms with Crippen molar-refractivity contribution in [3.8, 4) is 11.5 Å². The average molecular weight is 598 g/mol. The monoisotopic (exact) mass is 597 g/mol. The Morgan fingerprint density at radius 1 is 0.976 bits per heavy atom. The molecule has 216 valence electrons. The second kappa shape index (κ2) is 12.9. The number of para-hydroxylation sites is 2. The quantitative estimate of drug-likeness (QED) is 0.399. The molecule has 2 heterocycles. The van der Waals surface area contributed by atoms with Crippen molar-refractivity contribution in [1.82, 2.24) is 9.62 Å². The van der Waals surface area contributed by atoms with E-state index >= 15 is 0 Å². The number of anilines is 1. The Morgan fingerprint density at radius 2 is 1.71 bits per heavy atom. The number of nitrogens with zero attached hydrogens (tertiary/aromatic N) is 2. The Balaban J connectivity index is 1.22. The van der Waals surface area contributed by atoms with Crippen LogP contribution in [0.3, 0.4) is 0 Å². The van der Waals surface area contributed by atoms with Crippen molar-refractivity contribution in [2.24, 2.45) is 0 Å². The molecule has 1 atom stereocenters. The number of hydrogen-bond acceptors (Lipinski definition) is 6. The number of nitrogens with one attached hydrogen (secondary N) is 1. The zero-order valence-corrected chi connectivity index (χ0v) is 24.1. The lowest BCUT2D eigenvalue weighted by Gasteiger charge is -2.34. The third-order valence-electron chi connectivity index (χ3n) is 7.13. The second-order valence-electron chi connectivity index (χ2n) is 9.95. The smallest absolute Gasteiger partial charge is 0.265 e. The van der Waals surface area contributed by atoms with Gasteiger partial charge < -0.3 is 19.7 Å². The first-order valence-corrected chi connectivity index (χ1v) is 15.4. The second-order valence-corrected chi connectivity index (χ2v) is 12.3. The van der Waals surface area contributed by atoms with E-state index in [1.54, 1.807) is 24.3 Å². The van der Waals surface area contributed by atoms with Crippen molar-refractivity contribution in [1.29, 1.82) is 0 Å². The molecule has 11 heteroatoms. The summed E-state index contributed by atoms with van der Waals surface area (Å²) in [5.74, 6) is -0.110. The molecule has 3 aromatic rings. The van der Waals surface area contributed by atoms with Crippen molar-refractivity contribution in [2.75, 3.05) is 37.7 Å². The minimum absolute atomic E-state index is 0.0110. The summed E-state index contributed by atoms with van der Waals surface area (Å²) in [6, 6.07) is 21.1. The Morgan fingerprint density at radius 3 is 2.46 bits per heavy atom. The first kappa shape index (κ1) is 28.9. The first-order valence-electron chi connectivity index (χ1n) is 13.6. The lowest BCUT2D eigenvalue weighted by Crippen LogP contribution is -2.52. The van der Waals surface area contributed by atoms with Crippen molar-refractivity contribution in [3.05, 3.63) is 83.4 Å². The van der Waals surface area contributed by atoms with E-state index in [0.29, 0.717) is 37.5 Å². The van der Waals surface area contributed by atoms with Crippen LogP contribution in [0.2, 0.25) is 5.02 Å². The van der Waals surface area contributed by atoms with Crippen molar-refractivity contribution in [3.63, 3.8) is 0 Å². The van der Waals surface area contributed by atoms with Gasteiger partial charge in [0.2, 0.25) is 10.0 Å². The molecule has 0 radical (unpaired) electrons. The normalized spacial score (nSPS) is 17.3. The molecule has 5 rings (SSSR count). The molecule has 9 nitrogen and oxygen atoms in total. The van der Waals surface area contributed by atoms with Gasteiger partial charge in [-0.3, -0.25) is 9.59 Å². The molecule has 1 saturated heterocycles. The molecule has 2 aliphatic rings. The number of carbonyl (C=O) groups excluding carboxylic acids is 2. The van der Waals surface area contributed by atoms with Crippen LogP contribution in [0.1, 0.15) is 24.8 Å². The molecule has 2 aliphatic heterocycles. The van der Waals surface area contributed by atoms with Gasteiger partial charge in [0.05, 0.1) is 22.2 Å². The Labute approximate surface area is 245 Å². The van der Waals surface area contributed by atoms with Crippen molar-refractivity contribution >= 4 is 39.1 Å². The zero-order valence-electron chi connectivity index (χ0n) is 22.5. The van der Waals surface area contributed by atoms with Gasteiger partial charge in [-0.05, 0) is 55.2 Å². The fourth-order valence-corrected chi connectivity index (χ4v) is 6.77. The van der Waals surface area contributed by atoms with Gasteiger partial charge in [0.1, 0.15) is 11.5 Å². The van der Waals surface area contributed by atoms with E-state index in [1.165, 1.54) is 27.4 Å². The van der Waals surface area contributed by atoms with Crippen molar-refractivity contribution < 1.29 is 27.5 Å². The number of sulfonamides is 1. The summed E-state index contributed by atoms with van der Waals surface area (Å²) in [4.78, 5) is 27.8. The maximum absolute atomic E-state index is 13.3. The van der Waals surface area contributed by atoms with Crippen LogP contribution in [0, 0.1) is 0 Å². The minimum Gasteiger partial charge on any atom is -0.482 e. The number of benzene rings is 3. The molecule has 2 amide bonds. The number of ether oxygens (including phenoxy) is 2. The minimum atomic E-state index is -3.65. The molecule has 1 N–H and O–H groups in total. The fraction of sp³-hybridized carbons (Fsp3) is 0.333. The number of piperidine rings is 1. The van der Waals surface area contributed by atoms with E-state index < -0.39 is 22.0 Å². The Bertz CT molecular complexity index is 1500. The van der Waals surface area contributed by atoms with Gasteiger partial charge in [0.15, 0.2) is 12.7 Å². The number of hydrogen-bond donors (Lipinski definition) is 1. The van der Waals surface area contributed by atoms with Gasteiger partial charge in [0.25, 0.3) is 11.8 Å². The summed E-state index contributed by atoms with van der Waals surface area (Å²) < 4.78 is 39.1. The van der Waals surface area contributed by atoms with Gasteiger partial charge in [-0.2, -0.15) is 4.31 Å². The molecule has 0 spiro atoms. The molecule has 0 bridgehead atoms. The lowest BCUT2D eigenvalue weighted by molar-refractivity contribution is -0.128. The predicted molar refractivity (Wildman–Crippen MR) is 156 cm³/mol. The highest BCUT2D eigenvalue weighted by Gasteiger charge is 2.34. The van der Waals surface area contributed by atoms with Crippen LogP contribution in [0.25, 0.3) is 0 Å². The maximum Gasteiger partial charge on any atom is 0.265 e. The highest BCUT2D eigenvalue weighted by molar-refractivity contribution is 7.89. The lowest BCUT2D eigenvalue weighted by atomic mass is 10.1. The number of amides is 2. The van der Waals surface area contributed by atoms with Crippen LogP contribution in [0.5, 0.6) is 11.5 Å². The van der Waals surface area contributed by atoms with E-state index in [0.717, 1.165) is 24.8 Å². The summed E-state index contributed by atoms with van der Waals surface area (Å²) in [5, 5.41) is 2.99. The van der Waals surface area contributed by atoms with E-state index in [-0.39, 0.29) is 34.7 Å². The van der Waals surface area contributed by atoms with Crippen LogP contribution < -0.4 is 19.7 Å². The van der Waals surface area contributed by atoms with Crippen LogP contribution in [-0.4, -0.2) is 63.4 Å². The van der Waals surface area contributed by atoms with Crippen LogP contribution in [0.15, 0.2) is 77.7 Å². The van der Waals surface area contributed by atoms with E-state index in [9.17, 15) is 18.0 Å². The van der Waals surface area contributed by atoms with Gasteiger partial charge in [-0.1, -0.05) is 60.5 Å². The number of carbonyl (C=O) groups is 2. The first-order chi connectivity index (χ1) is 19.8. The van der Waals surface area contributed by atoms with Gasteiger partial charge >= 0.3 is 0 Å². The molecule has 0 saturated carbocycles. The number of fused-ring (bicyclic) bond motifs is 1. The van der Waals surface area contributed by atoms with Crippen molar-refractivity contribution in [2.45, 2.75) is 36.7 Å². The topological polar surface area (TPSA) is 105 Å². The molecular weight excluding hydrogens is 566 g/mol. The fourth-order valence-electron chi connectivity index (χ4n) is 4.93. The molecule has 1 fully saturated rings. The third kappa shape index (κ3) is 6.83. The van der Waals surface area contributed by atoms with E-state index in [2.05, 4.69) is 5.32 Å². The van der Waals surface area contributed by atoms with Crippen LogP contribution >= 0.6 is 11.6 Å². The summed E-state index contributed by atoms with van der Waals surface area (Å²) >= 11 is 6.38. The largest absolute Gasteiger partial charge is 0.482 e. The number of rotatable bonds is 9. The molecule has 0 aliphatic carbocycles. The summed E-state index contributed by atoms with van der Waals surface area (Å²) in [6.45, 7) is 1.05. The molecular formula is C30H32ClN3O6S. The Hall–Kier alpha value is -3.60. The summed E-state index contributed by atoms with van der Waals surface area (Å²) in [7, 11) is -3.65. The van der Waals surface area contributed by atoms with E-state index in [1.807, 2.05) is 30.3 Å². The number of halogens is 1. The molecule has 41 heavy (non-hydrogen) atoms. The zero-order chi connectivity index (χ0) is 28.8. The average Bonchev–Trinajstić information content (AvgIpc) is 3.00. The van der Waals surface area contributed by atoms with Crippen LogP contribution in [-0.2, 0) is 26.0 Å². The highest BCUT2D eigenvalue weighted by atomic mass is 35.5. The van der Waals surface area contributed by atoms with Gasteiger partial charge in [0, 0.05) is 19.6 Å². The summed E-state index contributed by atoms with van der Waals surface area (Å²) in [5.41, 5.74) is 1.64. The standard InChI is InChI=1S/C30H32ClN3O6S/c31-24-19-23(41(37,38)33-17-7-2-8-18-33)13-14-26(24)39-21-29(35)34-20-28(40-27-12-6-5-11-25(27)34)30(36)32-16-15-22-9-3-1-4-10-22/h1,3-6,9-14,19,28H,2,7-8,15-18,20-21H2,(H,32,36)/t28-/m0/s1. The van der Waals surface area contributed by atoms with Gasteiger partial charge in [-0.15, -0.1) is 0 Å².